The molecule has 0 amide bonds. The van der Waals surface area contributed by atoms with E-state index in [4.69, 9.17) is 9.47 Å². The van der Waals surface area contributed by atoms with Crippen molar-refractivity contribution in [2.45, 2.75) is 39.3 Å². The predicted molar refractivity (Wildman–Crippen MR) is 99.7 cm³/mol. The predicted octanol–water partition coefficient (Wildman–Crippen LogP) is 4.33. The molecule has 2 heterocycles. The van der Waals surface area contributed by atoms with Crippen LogP contribution in [0.5, 0.6) is 0 Å². The smallest absolute Gasteiger partial charge is 0.341 e. The van der Waals surface area contributed by atoms with Gasteiger partial charge in [0.15, 0.2) is 0 Å². The SMILES string of the molecule is CCOC(=O)c1c(NC2OC(=O)c3ccccc32)sc2c1CCC(C)C2. The van der Waals surface area contributed by atoms with Crippen molar-refractivity contribution in [3.8, 4) is 0 Å². The molecule has 1 aromatic heterocycles. The molecular weight excluding hydrogens is 350 g/mol. The molecule has 2 atom stereocenters. The van der Waals surface area contributed by atoms with Crippen molar-refractivity contribution in [2.75, 3.05) is 11.9 Å². The standard InChI is InChI=1S/C20H21NO4S/c1-3-24-20(23)16-14-9-8-11(2)10-15(14)26-18(16)21-17-12-6-4-5-7-13(12)19(22)25-17/h4-7,11,17,21H,3,8-10H2,1-2H3. The molecule has 1 aliphatic carbocycles. The van der Waals surface area contributed by atoms with Gasteiger partial charge in [-0.25, -0.2) is 9.59 Å². The van der Waals surface area contributed by atoms with Gasteiger partial charge >= 0.3 is 11.9 Å². The molecular formula is C20H21NO4S. The Morgan fingerprint density at radius 1 is 1.38 bits per heavy atom. The number of rotatable bonds is 4. The zero-order chi connectivity index (χ0) is 18.3. The number of benzene rings is 1. The van der Waals surface area contributed by atoms with Crippen LogP contribution in [0.2, 0.25) is 0 Å². The van der Waals surface area contributed by atoms with Crippen molar-refractivity contribution >= 4 is 28.3 Å². The normalized spacial score (nSPS) is 20.9. The lowest BCUT2D eigenvalue weighted by Gasteiger charge is -2.18. The van der Waals surface area contributed by atoms with Gasteiger partial charge in [-0.05, 0) is 43.7 Å². The van der Waals surface area contributed by atoms with Gasteiger partial charge in [0.05, 0.1) is 17.7 Å². The summed E-state index contributed by atoms with van der Waals surface area (Å²) in [6.07, 6.45) is 2.33. The van der Waals surface area contributed by atoms with Crippen LogP contribution in [-0.4, -0.2) is 18.5 Å². The second-order valence-electron chi connectivity index (χ2n) is 6.79. The lowest BCUT2D eigenvalue weighted by molar-refractivity contribution is 0.0437. The van der Waals surface area contributed by atoms with Gasteiger partial charge in [0.25, 0.3) is 0 Å². The molecule has 0 fully saturated rings. The average Bonchev–Trinajstić information content (AvgIpc) is 3.13. The van der Waals surface area contributed by atoms with E-state index in [9.17, 15) is 9.59 Å². The molecule has 26 heavy (non-hydrogen) atoms. The molecule has 1 N–H and O–H groups in total. The van der Waals surface area contributed by atoms with E-state index in [1.165, 1.54) is 4.88 Å². The summed E-state index contributed by atoms with van der Waals surface area (Å²) < 4.78 is 10.8. The number of hydrogen-bond acceptors (Lipinski definition) is 6. The lowest BCUT2D eigenvalue weighted by atomic mass is 9.88. The first-order valence-corrected chi connectivity index (χ1v) is 9.78. The fraction of sp³-hybridized carbons (Fsp3) is 0.400. The van der Waals surface area contributed by atoms with Gasteiger partial charge in [-0.15, -0.1) is 11.3 Å². The summed E-state index contributed by atoms with van der Waals surface area (Å²) in [7, 11) is 0. The number of hydrogen-bond donors (Lipinski definition) is 1. The van der Waals surface area contributed by atoms with E-state index >= 15 is 0 Å². The monoisotopic (exact) mass is 371 g/mol. The molecule has 1 aromatic carbocycles. The Balaban J connectivity index is 1.71. The largest absolute Gasteiger partial charge is 0.462 e. The van der Waals surface area contributed by atoms with Crippen molar-refractivity contribution in [1.82, 2.24) is 0 Å². The van der Waals surface area contributed by atoms with E-state index in [0.29, 0.717) is 23.7 Å². The third-order valence-electron chi connectivity index (χ3n) is 4.94. The van der Waals surface area contributed by atoms with E-state index in [2.05, 4.69) is 12.2 Å². The van der Waals surface area contributed by atoms with E-state index in [1.54, 1.807) is 24.3 Å². The molecule has 6 heteroatoms. The topological polar surface area (TPSA) is 64.6 Å². The van der Waals surface area contributed by atoms with Crippen molar-refractivity contribution in [3.05, 3.63) is 51.4 Å². The molecule has 0 radical (unpaired) electrons. The molecule has 5 nitrogen and oxygen atoms in total. The minimum Gasteiger partial charge on any atom is -0.462 e. The van der Waals surface area contributed by atoms with Gasteiger partial charge in [0.1, 0.15) is 5.00 Å². The zero-order valence-electron chi connectivity index (χ0n) is 14.8. The Morgan fingerprint density at radius 2 is 2.19 bits per heavy atom. The molecule has 0 bridgehead atoms. The minimum atomic E-state index is -0.579. The second-order valence-corrected chi connectivity index (χ2v) is 7.90. The Hall–Kier alpha value is -2.34. The van der Waals surface area contributed by atoms with Crippen molar-refractivity contribution in [1.29, 1.82) is 0 Å². The molecule has 0 saturated carbocycles. The Labute approximate surface area is 156 Å². The van der Waals surface area contributed by atoms with Crippen LogP contribution in [0.3, 0.4) is 0 Å². The summed E-state index contributed by atoms with van der Waals surface area (Å²) in [5.41, 5.74) is 3.07. The fourth-order valence-electron chi connectivity index (χ4n) is 3.64. The van der Waals surface area contributed by atoms with Crippen LogP contribution in [0.15, 0.2) is 24.3 Å². The zero-order valence-corrected chi connectivity index (χ0v) is 15.7. The summed E-state index contributed by atoms with van der Waals surface area (Å²) in [5.74, 6) is -0.0422. The average molecular weight is 371 g/mol. The summed E-state index contributed by atoms with van der Waals surface area (Å²) in [6.45, 7) is 4.37. The van der Waals surface area contributed by atoms with Gasteiger partial charge < -0.3 is 14.8 Å². The number of fused-ring (bicyclic) bond motifs is 2. The van der Waals surface area contributed by atoms with Crippen molar-refractivity contribution in [2.24, 2.45) is 5.92 Å². The molecule has 1 aliphatic heterocycles. The number of thiophene rings is 1. The van der Waals surface area contributed by atoms with Crippen LogP contribution >= 0.6 is 11.3 Å². The van der Waals surface area contributed by atoms with Crippen LogP contribution in [0.1, 0.15) is 63.2 Å². The molecule has 2 unspecified atom stereocenters. The quantitative estimate of drug-likeness (QED) is 0.811. The van der Waals surface area contributed by atoms with Crippen LogP contribution in [0.25, 0.3) is 0 Å². The van der Waals surface area contributed by atoms with E-state index in [0.717, 1.165) is 35.4 Å². The lowest BCUT2D eigenvalue weighted by Crippen LogP contribution is -2.16. The van der Waals surface area contributed by atoms with Crippen LogP contribution in [0, 0.1) is 5.92 Å². The number of anilines is 1. The highest BCUT2D eigenvalue weighted by Gasteiger charge is 2.34. The highest BCUT2D eigenvalue weighted by atomic mass is 32.1. The summed E-state index contributed by atoms with van der Waals surface area (Å²) >= 11 is 1.58. The summed E-state index contributed by atoms with van der Waals surface area (Å²) in [5, 5.41) is 4.02. The van der Waals surface area contributed by atoms with Crippen LogP contribution < -0.4 is 5.32 Å². The fourth-order valence-corrected chi connectivity index (χ4v) is 5.06. The first-order valence-electron chi connectivity index (χ1n) is 8.96. The van der Waals surface area contributed by atoms with E-state index in [1.807, 2.05) is 18.2 Å². The number of carbonyl (C=O) groups is 2. The van der Waals surface area contributed by atoms with Gasteiger partial charge in [-0.2, -0.15) is 0 Å². The summed E-state index contributed by atoms with van der Waals surface area (Å²) in [4.78, 5) is 25.9. The van der Waals surface area contributed by atoms with E-state index < -0.39 is 6.23 Å². The second kappa shape index (κ2) is 6.76. The minimum absolute atomic E-state index is 0.306. The number of esters is 2. The van der Waals surface area contributed by atoms with Crippen molar-refractivity contribution in [3.63, 3.8) is 0 Å². The molecule has 4 rings (SSSR count). The van der Waals surface area contributed by atoms with Gasteiger partial charge in [0.2, 0.25) is 6.23 Å². The van der Waals surface area contributed by atoms with Crippen molar-refractivity contribution < 1.29 is 19.1 Å². The molecule has 2 aromatic rings. The van der Waals surface area contributed by atoms with Crippen LogP contribution in [-0.2, 0) is 22.3 Å². The third-order valence-corrected chi connectivity index (χ3v) is 6.13. The Morgan fingerprint density at radius 3 is 3.00 bits per heavy atom. The summed E-state index contributed by atoms with van der Waals surface area (Å²) in [6, 6.07) is 7.32. The number of ether oxygens (including phenoxy) is 2. The van der Waals surface area contributed by atoms with E-state index in [-0.39, 0.29) is 11.9 Å². The molecule has 0 spiro atoms. The van der Waals surface area contributed by atoms with Gasteiger partial charge in [-0.1, -0.05) is 25.1 Å². The number of carbonyl (C=O) groups excluding carboxylic acids is 2. The first kappa shape index (κ1) is 17.1. The highest BCUT2D eigenvalue weighted by Crippen LogP contribution is 2.42. The third kappa shape index (κ3) is 2.88. The molecule has 2 aliphatic rings. The maximum absolute atomic E-state index is 12.6. The highest BCUT2D eigenvalue weighted by molar-refractivity contribution is 7.16. The number of nitrogens with one attached hydrogen (secondary N) is 1. The Kier molecular flexibility index (Phi) is 4.44. The van der Waals surface area contributed by atoms with Gasteiger partial charge in [-0.3, -0.25) is 0 Å². The maximum Gasteiger partial charge on any atom is 0.341 e. The molecule has 0 saturated heterocycles. The Bertz CT molecular complexity index is 873. The van der Waals surface area contributed by atoms with Gasteiger partial charge in [0, 0.05) is 10.4 Å². The number of cyclic esters (lactones) is 1. The first-order chi connectivity index (χ1) is 12.6. The molecule has 136 valence electrons. The van der Waals surface area contributed by atoms with Crippen LogP contribution in [0.4, 0.5) is 5.00 Å². The maximum atomic E-state index is 12.6.